The van der Waals surface area contributed by atoms with Crippen LogP contribution in [0.5, 0.6) is 0 Å². The fraction of sp³-hybridized carbons (Fsp3) is 0.375. The Kier molecular flexibility index (Phi) is 3.75. The standard InChI is InChI=1S/C16H20N4O/c1-11-9-12-5-3-4-6-13(12)19-15(11)20-8-7-18-10-14(20)16(21)17-2/h3-6,9,14,18H,7-8,10H2,1-2H3,(H,17,21). The monoisotopic (exact) mass is 284 g/mol. The molecule has 2 aromatic rings. The van der Waals surface area contributed by atoms with Gasteiger partial charge < -0.3 is 15.5 Å². The zero-order valence-electron chi connectivity index (χ0n) is 12.4. The number of carbonyl (C=O) groups is 1. The van der Waals surface area contributed by atoms with E-state index in [4.69, 9.17) is 4.98 Å². The Bertz CT molecular complexity index is 670. The van der Waals surface area contributed by atoms with Gasteiger partial charge in [-0.15, -0.1) is 0 Å². The van der Waals surface area contributed by atoms with Crippen LogP contribution in [0.15, 0.2) is 30.3 Å². The van der Waals surface area contributed by atoms with Crippen LogP contribution in [0.3, 0.4) is 0 Å². The molecule has 1 aliphatic heterocycles. The second kappa shape index (κ2) is 5.69. The number of nitrogens with zero attached hydrogens (tertiary/aromatic N) is 2. The summed E-state index contributed by atoms with van der Waals surface area (Å²) >= 11 is 0. The summed E-state index contributed by atoms with van der Waals surface area (Å²) in [6.45, 7) is 4.34. The summed E-state index contributed by atoms with van der Waals surface area (Å²) in [4.78, 5) is 19.0. The smallest absolute Gasteiger partial charge is 0.243 e. The van der Waals surface area contributed by atoms with Crippen LogP contribution in [0, 0.1) is 6.92 Å². The number of aryl methyl sites for hydroxylation is 1. The van der Waals surface area contributed by atoms with E-state index in [-0.39, 0.29) is 11.9 Å². The molecule has 0 radical (unpaired) electrons. The predicted molar refractivity (Wildman–Crippen MR) is 84.6 cm³/mol. The van der Waals surface area contributed by atoms with Crippen LogP contribution in [0.2, 0.25) is 0 Å². The van der Waals surface area contributed by atoms with Gasteiger partial charge in [-0.3, -0.25) is 4.79 Å². The number of pyridine rings is 1. The first-order valence-corrected chi connectivity index (χ1v) is 7.26. The molecule has 1 saturated heterocycles. The number of rotatable bonds is 2. The maximum Gasteiger partial charge on any atom is 0.243 e. The molecule has 5 heteroatoms. The number of likely N-dealkylation sites (N-methyl/N-ethyl adjacent to an activating group) is 1. The van der Waals surface area contributed by atoms with E-state index < -0.39 is 0 Å². The van der Waals surface area contributed by atoms with Gasteiger partial charge >= 0.3 is 0 Å². The highest BCUT2D eigenvalue weighted by atomic mass is 16.2. The molecule has 1 unspecified atom stereocenters. The van der Waals surface area contributed by atoms with Crippen LogP contribution in [-0.2, 0) is 4.79 Å². The molecule has 0 saturated carbocycles. The van der Waals surface area contributed by atoms with Gasteiger partial charge in [0, 0.05) is 32.1 Å². The van der Waals surface area contributed by atoms with Crippen LogP contribution < -0.4 is 15.5 Å². The minimum atomic E-state index is -0.212. The number of nitrogens with one attached hydrogen (secondary N) is 2. The summed E-state index contributed by atoms with van der Waals surface area (Å²) < 4.78 is 0. The Labute approximate surface area is 124 Å². The number of hydrogen-bond donors (Lipinski definition) is 2. The average Bonchev–Trinajstić information content (AvgIpc) is 2.53. The average molecular weight is 284 g/mol. The Morgan fingerprint density at radius 3 is 3.05 bits per heavy atom. The second-order valence-corrected chi connectivity index (χ2v) is 5.35. The Hall–Kier alpha value is -2.14. The number of benzene rings is 1. The quantitative estimate of drug-likeness (QED) is 0.866. The van der Waals surface area contributed by atoms with Gasteiger partial charge in [-0.2, -0.15) is 0 Å². The molecule has 0 bridgehead atoms. The molecule has 3 rings (SSSR count). The van der Waals surface area contributed by atoms with Crippen LogP contribution in [0.25, 0.3) is 10.9 Å². The highest BCUT2D eigenvalue weighted by Gasteiger charge is 2.29. The van der Waals surface area contributed by atoms with Crippen molar-refractivity contribution < 1.29 is 4.79 Å². The topological polar surface area (TPSA) is 57.3 Å². The number of anilines is 1. The van der Waals surface area contributed by atoms with E-state index in [9.17, 15) is 4.79 Å². The minimum absolute atomic E-state index is 0.0246. The third-order valence-electron chi connectivity index (χ3n) is 3.95. The fourth-order valence-electron chi connectivity index (χ4n) is 2.86. The van der Waals surface area contributed by atoms with E-state index in [1.807, 2.05) is 18.2 Å². The summed E-state index contributed by atoms with van der Waals surface area (Å²) in [5.41, 5.74) is 2.07. The Balaban J connectivity index is 2.04. The van der Waals surface area contributed by atoms with Gasteiger partial charge in [0.1, 0.15) is 11.9 Å². The summed E-state index contributed by atoms with van der Waals surface area (Å²) in [5, 5.41) is 7.15. The Morgan fingerprint density at radius 1 is 1.43 bits per heavy atom. The molecule has 21 heavy (non-hydrogen) atoms. The van der Waals surface area contributed by atoms with Crippen LogP contribution >= 0.6 is 0 Å². The van der Waals surface area contributed by atoms with Gasteiger partial charge in [0.05, 0.1) is 5.52 Å². The number of fused-ring (bicyclic) bond motifs is 1. The van der Waals surface area contributed by atoms with E-state index in [1.54, 1.807) is 7.05 Å². The second-order valence-electron chi connectivity index (χ2n) is 5.35. The lowest BCUT2D eigenvalue weighted by Crippen LogP contribution is -2.58. The summed E-state index contributed by atoms with van der Waals surface area (Å²) in [7, 11) is 1.68. The Morgan fingerprint density at radius 2 is 2.24 bits per heavy atom. The van der Waals surface area contributed by atoms with E-state index in [0.717, 1.165) is 35.4 Å². The van der Waals surface area contributed by atoms with Crippen LogP contribution in [0.4, 0.5) is 5.82 Å². The highest BCUT2D eigenvalue weighted by molar-refractivity contribution is 5.87. The molecule has 1 aromatic carbocycles. The van der Waals surface area contributed by atoms with Crippen molar-refractivity contribution in [1.82, 2.24) is 15.6 Å². The molecular weight excluding hydrogens is 264 g/mol. The first-order valence-electron chi connectivity index (χ1n) is 7.26. The number of carbonyl (C=O) groups excluding carboxylic acids is 1. The summed E-state index contributed by atoms with van der Waals surface area (Å²) in [6.07, 6.45) is 0. The van der Waals surface area contributed by atoms with Crippen molar-refractivity contribution >= 4 is 22.6 Å². The van der Waals surface area contributed by atoms with E-state index in [1.165, 1.54) is 0 Å². The molecule has 1 amide bonds. The lowest BCUT2D eigenvalue weighted by Gasteiger charge is -2.36. The summed E-state index contributed by atoms with van der Waals surface area (Å²) in [6, 6.07) is 10.0. The van der Waals surface area contributed by atoms with Gasteiger partial charge in [0.15, 0.2) is 0 Å². The normalized spacial score (nSPS) is 18.8. The largest absolute Gasteiger partial charge is 0.357 e. The molecule has 1 fully saturated rings. The van der Waals surface area contributed by atoms with Gasteiger partial charge in [0.25, 0.3) is 0 Å². The van der Waals surface area contributed by atoms with E-state index >= 15 is 0 Å². The maximum absolute atomic E-state index is 12.1. The molecule has 5 nitrogen and oxygen atoms in total. The first kappa shape index (κ1) is 13.8. The van der Waals surface area contributed by atoms with E-state index in [2.05, 4.69) is 34.6 Å². The van der Waals surface area contributed by atoms with Crippen LogP contribution in [0.1, 0.15) is 5.56 Å². The number of para-hydroxylation sites is 1. The first-order chi connectivity index (χ1) is 10.2. The third-order valence-corrected chi connectivity index (χ3v) is 3.95. The van der Waals surface area contributed by atoms with Gasteiger partial charge in [0.2, 0.25) is 5.91 Å². The molecule has 1 aliphatic rings. The molecule has 1 atom stereocenters. The lowest BCUT2D eigenvalue weighted by atomic mass is 10.1. The molecule has 2 heterocycles. The zero-order chi connectivity index (χ0) is 14.8. The van der Waals surface area contributed by atoms with Crippen molar-refractivity contribution in [2.45, 2.75) is 13.0 Å². The lowest BCUT2D eigenvalue weighted by molar-refractivity contribution is -0.122. The molecule has 0 spiro atoms. The van der Waals surface area contributed by atoms with Gasteiger partial charge in [-0.05, 0) is 24.6 Å². The number of aromatic nitrogens is 1. The number of amides is 1. The summed E-state index contributed by atoms with van der Waals surface area (Å²) in [5.74, 6) is 0.931. The van der Waals surface area contributed by atoms with Crippen molar-refractivity contribution in [1.29, 1.82) is 0 Å². The minimum Gasteiger partial charge on any atom is -0.357 e. The van der Waals surface area contributed by atoms with Gasteiger partial charge in [-0.25, -0.2) is 4.98 Å². The third kappa shape index (κ3) is 2.56. The van der Waals surface area contributed by atoms with Crippen LogP contribution in [-0.4, -0.2) is 43.6 Å². The highest BCUT2D eigenvalue weighted by Crippen LogP contribution is 2.25. The SMILES string of the molecule is CNC(=O)C1CNCCN1c1nc2ccccc2cc1C. The molecular formula is C16H20N4O. The zero-order valence-corrected chi connectivity index (χ0v) is 12.4. The predicted octanol–water partition coefficient (Wildman–Crippen LogP) is 1.07. The fourth-order valence-corrected chi connectivity index (χ4v) is 2.86. The molecule has 0 aliphatic carbocycles. The van der Waals surface area contributed by atoms with Crippen molar-refractivity contribution in [3.05, 3.63) is 35.9 Å². The van der Waals surface area contributed by atoms with Crippen molar-refractivity contribution in [3.8, 4) is 0 Å². The van der Waals surface area contributed by atoms with E-state index in [0.29, 0.717) is 6.54 Å². The number of hydrogen-bond acceptors (Lipinski definition) is 4. The molecule has 2 N–H and O–H groups in total. The number of piperazine rings is 1. The molecule has 110 valence electrons. The van der Waals surface area contributed by atoms with Crippen molar-refractivity contribution in [2.24, 2.45) is 0 Å². The van der Waals surface area contributed by atoms with Gasteiger partial charge in [-0.1, -0.05) is 18.2 Å². The maximum atomic E-state index is 12.1. The van der Waals surface area contributed by atoms with Crippen molar-refractivity contribution in [2.75, 3.05) is 31.6 Å². The van der Waals surface area contributed by atoms with Crippen molar-refractivity contribution in [3.63, 3.8) is 0 Å². The molecule has 1 aromatic heterocycles.